The average molecular weight is 314 g/mol. The number of nitrogens with zero attached hydrogens (tertiary/aromatic N) is 1. The van der Waals surface area contributed by atoms with Crippen molar-refractivity contribution in [3.8, 4) is 5.75 Å². The molecule has 0 aliphatic heterocycles. The third-order valence-corrected chi connectivity index (χ3v) is 4.03. The van der Waals surface area contributed by atoms with E-state index in [9.17, 15) is 4.79 Å². The molecular formula is C18H16ClNO2. The Labute approximate surface area is 133 Å². The van der Waals surface area contributed by atoms with Gasteiger partial charge in [-0.25, -0.2) is 0 Å². The van der Waals surface area contributed by atoms with Gasteiger partial charge in [0.1, 0.15) is 5.75 Å². The zero-order valence-electron chi connectivity index (χ0n) is 12.5. The molecule has 22 heavy (non-hydrogen) atoms. The maximum absolute atomic E-state index is 12.5. The summed E-state index contributed by atoms with van der Waals surface area (Å²) in [7, 11) is 1.62. The summed E-state index contributed by atoms with van der Waals surface area (Å²) >= 11 is 5.92. The number of rotatable bonds is 3. The van der Waals surface area contributed by atoms with E-state index in [2.05, 4.69) is 0 Å². The fourth-order valence-corrected chi connectivity index (χ4v) is 2.79. The number of aryl methyl sites for hydroxylation is 1. The van der Waals surface area contributed by atoms with Gasteiger partial charge in [-0.05, 0) is 36.2 Å². The second kappa shape index (κ2) is 5.85. The molecule has 0 saturated carbocycles. The molecule has 0 aliphatic carbocycles. The maximum Gasteiger partial charge on any atom is 0.251 e. The highest BCUT2D eigenvalue weighted by atomic mass is 35.5. The van der Waals surface area contributed by atoms with Crippen molar-refractivity contribution in [1.82, 2.24) is 4.57 Å². The Kier molecular flexibility index (Phi) is 3.90. The SMILES string of the molecule is COc1cccc2c(C)cc(=O)n(Cc3ccc(Cl)cc3)c12. The first kappa shape index (κ1) is 14.7. The van der Waals surface area contributed by atoms with Gasteiger partial charge in [0.2, 0.25) is 0 Å². The molecule has 112 valence electrons. The number of pyridine rings is 1. The summed E-state index contributed by atoms with van der Waals surface area (Å²) in [5.41, 5.74) is 2.75. The predicted molar refractivity (Wildman–Crippen MR) is 90.1 cm³/mol. The predicted octanol–water partition coefficient (Wildman–Crippen LogP) is 4.02. The molecule has 3 nitrogen and oxygen atoms in total. The van der Waals surface area contributed by atoms with Crippen molar-refractivity contribution in [3.63, 3.8) is 0 Å². The molecule has 0 atom stereocenters. The summed E-state index contributed by atoms with van der Waals surface area (Å²) in [6.45, 7) is 2.42. The Morgan fingerprint density at radius 1 is 1.14 bits per heavy atom. The van der Waals surface area contributed by atoms with E-state index in [1.165, 1.54) is 0 Å². The van der Waals surface area contributed by atoms with Crippen molar-refractivity contribution < 1.29 is 4.74 Å². The van der Waals surface area contributed by atoms with Gasteiger partial charge in [0, 0.05) is 16.5 Å². The van der Waals surface area contributed by atoms with Gasteiger partial charge in [0.15, 0.2) is 0 Å². The fraction of sp³-hybridized carbons (Fsp3) is 0.167. The lowest BCUT2D eigenvalue weighted by molar-refractivity contribution is 0.417. The van der Waals surface area contributed by atoms with Gasteiger partial charge >= 0.3 is 0 Å². The Morgan fingerprint density at radius 3 is 2.55 bits per heavy atom. The summed E-state index contributed by atoms with van der Waals surface area (Å²) < 4.78 is 7.19. The van der Waals surface area contributed by atoms with Gasteiger partial charge in [0.25, 0.3) is 5.56 Å². The number of hydrogen-bond donors (Lipinski definition) is 0. The van der Waals surface area contributed by atoms with Crippen molar-refractivity contribution in [2.45, 2.75) is 13.5 Å². The number of ether oxygens (including phenoxy) is 1. The molecule has 2 aromatic carbocycles. The van der Waals surface area contributed by atoms with Crippen molar-refractivity contribution in [2.24, 2.45) is 0 Å². The molecule has 0 N–H and O–H groups in total. The minimum Gasteiger partial charge on any atom is -0.495 e. The van der Waals surface area contributed by atoms with Crippen LogP contribution in [0.4, 0.5) is 0 Å². The molecule has 0 spiro atoms. The van der Waals surface area contributed by atoms with Crippen LogP contribution in [0.2, 0.25) is 5.02 Å². The number of benzene rings is 2. The summed E-state index contributed by atoms with van der Waals surface area (Å²) in [5, 5.41) is 1.70. The normalized spacial score (nSPS) is 10.9. The molecule has 0 radical (unpaired) electrons. The first-order chi connectivity index (χ1) is 10.6. The van der Waals surface area contributed by atoms with Crippen LogP contribution in [0.15, 0.2) is 53.3 Å². The van der Waals surface area contributed by atoms with Crippen LogP contribution in [0.5, 0.6) is 5.75 Å². The van der Waals surface area contributed by atoms with Crippen LogP contribution in [0, 0.1) is 6.92 Å². The van der Waals surface area contributed by atoms with E-state index < -0.39 is 0 Å². The van der Waals surface area contributed by atoms with E-state index in [4.69, 9.17) is 16.3 Å². The zero-order chi connectivity index (χ0) is 15.7. The summed E-state index contributed by atoms with van der Waals surface area (Å²) in [6, 6.07) is 15.0. The van der Waals surface area contributed by atoms with E-state index in [0.29, 0.717) is 17.3 Å². The van der Waals surface area contributed by atoms with Gasteiger partial charge in [0.05, 0.1) is 19.2 Å². The van der Waals surface area contributed by atoms with Crippen LogP contribution < -0.4 is 10.3 Å². The van der Waals surface area contributed by atoms with Crippen LogP contribution in [0.3, 0.4) is 0 Å². The van der Waals surface area contributed by atoms with Crippen molar-refractivity contribution in [3.05, 3.63) is 75.0 Å². The lowest BCUT2D eigenvalue weighted by Crippen LogP contribution is -2.21. The monoisotopic (exact) mass is 313 g/mol. The largest absolute Gasteiger partial charge is 0.495 e. The Morgan fingerprint density at radius 2 is 1.86 bits per heavy atom. The van der Waals surface area contributed by atoms with Gasteiger partial charge in [-0.3, -0.25) is 4.79 Å². The number of halogens is 1. The fourth-order valence-electron chi connectivity index (χ4n) is 2.66. The average Bonchev–Trinajstić information content (AvgIpc) is 2.52. The molecule has 0 fully saturated rings. The van der Waals surface area contributed by atoms with Gasteiger partial charge in [-0.1, -0.05) is 35.9 Å². The molecule has 0 aliphatic rings. The van der Waals surface area contributed by atoms with Crippen LogP contribution in [0.1, 0.15) is 11.1 Å². The van der Waals surface area contributed by atoms with E-state index in [1.807, 2.05) is 49.4 Å². The molecule has 0 amide bonds. The highest BCUT2D eigenvalue weighted by molar-refractivity contribution is 6.30. The molecule has 0 unspecified atom stereocenters. The first-order valence-electron chi connectivity index (χ1n) is 7.02. The van der Waals surface area contributed by atoms with E-state index in [-0.39, 0.29) is 5.56 Å². The third-order valence-electron chi connectivity index (χ3n) is 3.77. The lowest BCUT2D eigenvalue weighted by Gasteiger charge is -2.15. The molecule has 1 aromatic heterocycles. The number of aromatic nitrogens is 1. The molecule has 3 aromatic rings. The third kappa shape index (κ3) is 2.60. The second-order valence-corrected chi connectivity index (χ2v) is 5.67. The quantitative estimate of drug-likeness (QED) is 0.731. The molecule has 0 saturated heterocycles. The van der Waals surface area contributed by atoms with E-state index in [1.54, 1.807) is 17.7 Å². The summed E-state index contributed by atoms with van der Waals surface area (Å²) in [5.74, 6) is 0.701. The highest BCUT2D eigenvalue weighted by Gasteiger charge is 2.11. The van der Waals surface area contributed by atoms with E-state index in [0.717, 1.165) is 22.0 Å². The summed E-state index contributed by atoms with van der Waals surface area (Å²) in [4.78, 5) is 12.5. The van der Waals surface area contributed by atoms with Gasteiger partial charge in [-0.2, -0.15) is 0 Å². The highest BCUT2D eigenvalue weighted by Crippen LogP contribution is 2.27. The van der Waals surface area contributed by atoms with E-state index >= 15 is 0 Å². The van der Waals surface area contributed by atoms with Gasteiger partial charge < -0.3 is 9.30 Å². The lowest BCUT2D eigenvalue weighted by atomic mass is 10.1. The number of methoxy groups -OCH3 is 1. The standard InChI is InChI=1S/C18H16ClNO2/c1-12-10-17(21)20(11-13-6-8-14(19)9-7-13)18-15(12)4-3-5-16(18)22-2/h3-10H,11H2,1-2H3. The Hall–Kier alpha value is -2.26. The first-order valence-corrected chi connectivity index (χ1v) is 7.39. The zero-order valence-corrected chi connectivity index (χ0v) is 13.2. The number of para-hydroxylation sites is 1. The molecule has 4 heteroatoms. The second-order valence-electron chi connectivity index (χ2n) is 5.23. The molecule has 1 heterocycles. The topological polar surface area (TPSA) is 31.2 Å². The van der Waals surface area contributed by atoms with Gasteiger partial charge in [-0.15, -0.1) is 0 Å². The summed E-state index contributed by atoms with van der Waals surface area (Å²) in [6.07, 6.45) is 0. The van der Waals surface area contributed by atoms with Crippen molar-refractivity contribution in [1.29, 1.82) is 0 Å². The van der Waals surface area contributed by atoms with Crippen LogP contribution in [-0.2, 0) is 6.54 Å². The maximum atomic E-state index is 12.5. The van der Waals surface area contributed by atoms with Crippen LogP contribution >= 0.6 is 11.6 Å². The molecule has 0 bridgehead atoms. The Balaban J connectivity index is 2.24. The van der Waals surface area contributed by atoms with Crippen LogP contribution in [-0.4, -0.2) is 11.7 Å². The minimum atomic E-state index is -0.0375. The number of hydrogen-bond acceptors (Lipinski definition) is 2. The minimum absolute atomic E-state index is 0.0375. The Bertz CT molecular complexity index is 882. The smallest absolute Gasteiger partial charge is 0.251 e. The number of fused-ring (bicyclic) bond motifs is 1. The molecular weight excluding hydrogens is 298 g/mol. The van der Waals surface area contributed by atoms with Crippen molar-refractivity contribution >= 4 is 22.5 Å². The van der Waals surface area contributed by atoms with Crippen molar-refractivity contribution in [2.75, 3.05) is 7.11 Å². The molecule has 3 rings (SSSR count). The van der Waals surface area contributed by atoms with Crippen LogP contribution in [0.25, 0.3) is 10.9 Å².